The van der Waals surface area contributed by atoms with E-state index in [2.05, 4.69) is 39.5 Å². The molecule has 4 aromatic rings. The Hall–Kier alpha value is -3.07. The molecule has 0 spiro atoms. The lowest BCUT2D eigenvalue weighted by Crippen LogP contribution is -3.00. The number of hydrogen-bond acceptors (Lipinski definition) is 6. The molecule has 3 heterocycles. The van der Waals surface area contributed by atoms with Crippen molar-refractivity contribution < 1.29 is 31.2 Å². The van der Waals surface area contributed by atoms with Crippen molar-refractivity contribution >= 4 is 44.0 Å². The van der Waals surface area contributed by atoms with Gasteiger partial charge in [-0.15, -0.1) is 11.3 Å². The number of H-pyrrole nitrogens is 1. The quantitative estimate of drug-likeness (QED) is 0.171. The van der Waals surface area contributed by atoms with Crippen molar-refractivity contribution in [2.24, 2.45) is 0 Å². The number of aromatic nitrogens is 1. The zero-order valence-corrected chi connectivity index (χ0v) is 23.9. The largest absolute Gasteiger partial charge is 1.00 e. The van der Waals surface area contributed by atoms with Gasteiger partial charge in [0.1, 0.15) is 5.75 Å². The smallest absolute Gasteiger partial charge is 0.310 e. The number of carbonyl (C=O) groups is 1. The maximum Gasteiger partial charge on any atom is 0.310 e. The van der Waals surface area contributed by atoms with Crippen molar-refractivity contribution in [1.29, 1.82) is 0 Å². The zero-order valence-electron chi connectivity index (χ0n) is 22.4. The molecule has 1 N–H and O–H groups in total. The fraction of sp³-hybridized carbons (Fsp3) is 0.400. The fourth-order valence-electron chi connectivity index (χ4n) is 5.24. The van der Waals surface area contributed by atoms with E-state index < -0.39 is 0 Å². The van der Waals surface area contributed by atoms with Crippen LogP contribution in [0.3, 0.4) is 0 Å². The van der Waals surface area contributed by atoms with E-state index in [1.54, 1.807) is 11.3 Å². The number of nitrogens with one attached hydrogen (secondary N) is 1. The molecule has 2 aromatic heterocycles. The van der Waals surface area contributed by atoms with Crippen molar-refractivity contribution in [2.45, 2.75) is 32.6 Å². The highest BCUT2D eigenvalue weighted by Crippen LogP contribution is 2.32. The third kappa shape index (κ3) is 7.12. The van der Waals surface area contributed by atoms with E-state index in [0.717, 1.165) is 73.1 Å². The number of anilines is 1. The van der Waals surface area contributed by atoms with Gasteiger partial charge in [-0.25, -0.2) is 0 Å². The third-order valence-electron chi connectivity index (χ3n) is 7.45. The Balaban J connectivity index is 0.00000353. The van der Waals surface area contributed by atoms with Crippen molar-refractivity contribution in [2.75, 3.05) is 51.0 Å². The second kappa shape index (κ2) is 13.3. The van der Waals surface area contributed by atoms with Crippen LogP contribution in [0.4, 0.5) is 5.69 Å². The summed E-state index contributed by atoms with van der Waals surface area (Å²) in [5.74, 6) is 0.654. The summed E-state index contributed by atoms with van der Waals surface area (Å²) in [6, 6.07) is 17.9. The number of carbonyl (C=O) groups excluding carboxylic acids is 1. The predicted octanol–water partition coefficient (Wildman–Crippen LogP) is 2.54. The minimum atomic E-state index is -0.115. The van der Waals surface area contributed by atoms with Gasteiger partial charge in [0.05, 0.1) is 44.8 Å². The third-order valence-corrected chi connectivity index (χ3v) is 8.33. The van der Waals surface area contributed by atoms with E-state index >= 15 is 0 Å². The van der Waals surface area contributed by atoms with Gasteiger partial charge in [0, 0.05) is 34.3 Å². The first kappa shape index (κ1) is 28.9. The number of unbranched alkanes of at least 4 members (excludes halogenated alkanes) is 1. The Morgan fingerprint density at radius 1 is 1.08 bits per heavy atom. The predicted molar refractivity (Wildman–Crippen MR) is 154 cm³/mol. The molecule has 1 saturated heterocycles. The van der Waals surface area contributed by atoms with Crippen LogP contribution in [0.5, 0.6) is 5.75 Å². The van der Waals surface area contributed by atoms with E-state index in [0.29, 0.717) is 19.8 Å². The van der Waals surface area contributed by atoms with Crippen LogP contribution in [-0.2, 0) is 9.53 Å². The summed E-state index contributed by atoms with van der Waals surface area (Å²) in [6.45, 7) is 7.75. The van der Waals surface area contributed by atoms with Crippen molar-refractivity contribution in [3.63, 3.8) is 0 Å². The Labute approximate surface area is 239 Å². The molecule has 0 unspecified atom stereocenters. The van der Waals surface area contributed by atoms with Gasteiger partial charge < -0.3 is 31.8 Å². The fourth-order valence-corrected chi connectivity index (χ4v) is 6.05. The number of halogens is 1. The number of thiophene rings is 1. The van der Waals surface area contributed by atoms with E-state index in [-0.39, 0.29) is 23.9 Å². The van der Waals surface area contributed by atoms with Crippen LogP contribution in [0.2, 0.25) is 0 Å². The minimum Gasteiger partial charge on any atom is -1.00 e. The van der Waals surface area contributed by atoms with Crippen molar-refractivity contribution in [3.05, 3.63) is 70.3 Å². The molecule has 39 heavy (non-hydrogen) atoms. The van der Waals surface area contributed by atoms with Gasteiger partial charge >= 0.3 is 5.97 Å². The van der Waals surface area contributed by atoms with Crippen LogP contribution in [0.1, 0.15) is 32.6 Å². The van der Waals surface area contributed by atoms with Gasteiger partial charge in [-0.05, 0) is 66.4 Å². The molecule has 9 heteroatoms. The number of fused-ring (bicyclic) bond motifs is 2. The van der Waals surface area contributed by atoms with Gasteiger partial charge in [-0.3, -0.25) is 14.1 Å². The maximum atomic E-state index is 12.2. The van der Waals surface area contributed by atoms with Gasteiger partial charge in [0.2, 0.25) is 12.3 Å². The summed E-state index contributed by atoms with van der Waals surface area (Å²) in [7, 11) is 0. The average Bonchev–Trinajstić information content (AvgIpc) is 3.42. The molecule has 7 nitrogen and oxygen atoms in total. The molecule has 1 fully saturated rings. The highest BCUT2D eigenvalue weighted by atomic mass is 35.5. The number of piperazine rings is 1. The van der Waals surface area contributed by atoms with E-state index in [4.69, 9.17) is 9.47 Å². The second-order valence-electron chi connectivity index (χ2n) is 10.1. The van der Waals surface area contributed by atoms with Crippen LogP contribution < -0.4 is 27.6 Å². The van der Waals surface area contributed by atoms with Crippen LogP contribution in [0.15, 0.2) is 64.8 Å². The summed E-state index contributed by atoms with van der Waals surface area (Å²) in [6.07, 6.45) is 3.16. The molecule has 1 aliphatic rings. The van der Waals surface area contributed by atoms with Gasteiger partial charge in [-0.1, -0.05) is 13.0 Å². The minimum absolute atomic E-state index is 0. The van der Waals surface area contributed by atoms with E-state index in [1.807, 2.05) is 31.2 Å². The number of rotatable bonds is 11. The molecule has 1 aliphatic heterocycles. The molecule has 0 amide bonds. The average molecular weight is 570 g/mol. The molecule has 5 rings (SSSR count). The Kier molecular flexibility index (Phi) is 9.88. The molecular weight excluding hydrogens is 534 g/mol. The molecule has 0 bridgehead atoms. The lowest BCUT2D eigenvalue weighted by molar-refractivity contribution is -0.944. The SMILES string of the molecule is CCCC(=O)OC[N+]1(CCCCOc2ccc3ccc(=O)[nH]c3c2)CCN(c2cccc3sccc23)CC1.[Cl-]. The van der Waals surface area contributed by atoms with Gasteiger partial charge in [0.15, 0.2) is 0 Å². The Bertz CT molecular complexity index is 1440. The molecule has 0 atom stereocenters. The molecule has 208 valence electrons. The molecule has 0 saturated carbocycles. The second-order valence-corrected chi connectivity index (χ2v) is 11.1. The number of nitrogens with zero attached hydrogens (tertiary/aromatic N) is 2. The lowest BCUT2D eigenvalue weighted by Gasteiger charge is -2.45. The maximum absolute atomic E-state index is 12.2. The monoisotopic (exact) mass is 569 g/mol. The van der Waals surface area contributed by atoms with Crippen molar-refractivity contribution in [1.82, 2.24) is 4.98 Å². The number of pyridine rings is 1. The van der Waals surface area contributed by atoms with Crippen LogP contribution in [0, 0.1) is 0 Å². The van der Waals surface area contributed by atoms with E-state index in [1.165, 1.54) is 21.8 Å². The number of quaternary nitrogens is 1. The first-order valence-corrected chi connectivity index (χ1v) is 14.4. The topological polar surface area (TPSA) is 71.6 Å². The first-order valence-electron chi connectivity index (χ1n) is 13.5. The number of ether oxygens (including phenoxy) is 2. The normalized spacial score (nSPS) is 14.7. The first-order chi connectivity index (χ1) is 18.5. The summed E-state index contributed by atoms with van der Waals surface area (Å²) in [5.41, 5.74) is 1.97. The number of esters is 1. The molecule has 2 aromatic carbocycles. The zero-order chi connectivity index (χ0) is 26.4. The van der Waals surface area contributed by atoms with Crippen molar-refractivity contribution in [3.8, 4) is 5.75 Å². The van der Waals surface area contributed by atoms with Gasteiger partial charge in [-0.2, -0.15) is 0 Å². The molecule has 0 aliphatic carbocycles. The number of aromatic amines is 1. The Morgan fingerprint density at radius 3 is 2.72 bits per heavy atom. The van der Waals surface area contributed by atoms with Crippen LogP contribution in [-0.4, -0.2) is 61.5 Å². The summed E-state index contributed by atoms with van der Waals surface area (Å²) in [5, 5.41) is 4.46. The standard InChI is InChI=1S/C30H35N3O4S.ClH/c1-2-6-30(35)37-22-33(17-14-32(15-18-33)27-7-5-8-28-25(27)13-20-38-28)16-3-4-19-36-24-11-9-23-10-12-29(34)31-26(23)21-24;/h5,7-13,20-21H,2-4,6,14-19,22H2,1H3;1H. The number of hydrogen-bond donors (Lipinski definition) is 1. The lowest BCUT2D eigenvalue weighted by atomic mass is 10.1. The number of benzene rings is 2. The Morgan fingerprint density at radius 2 is 1.90 bits per heavy atom. The highest BCUT2D eigenvalue weighted by Gasteiger charge is 2.34. The summed E-state index contributed by atoms with van der Waals surface area (Å²) in [4.78, 5) is 29.1. The van der Waals surface area contributed by atoms with Crippen LogP contribution >= 0.6 is 11.3 Å². The molecule has 0 radical (unpaired) electrons. The molecular formula is C30H36ClN3O4S. The summed E-state index contributed by atoms with van der Waals surface area (Å²) < 4.78 is 13.9. The highest BCUT2D eigenvalue weighted by molar-refractivity contribution is 7.17. The van der Waals surface area contributed by atoms with E-state index in [9.17, 15) is 9.59 Å². The summed E-state index contributed by atoms with van der Waals surface area (Å²) >= 11 is 1.78. The van der Waals surface area contributed by atoms with Crippen LogP contribution in [0.25, 0.3) is 21.0 Å². The van der Waals surface area contributed by atoms with Gasteiger partial charge in [0.25, 0.3) is 0 Å².